The molecule has 1 aromatic heterocycles. The van der Waals surface area contributed by atoms with Crippen molar-refractivity contribution in [2.45, 2.75) is 47.1 Å². The number of hydrogen-bond donors (Lipinski definition) is 1. The molecule has 0 radical (unpaired) electrons. The van der Waals surface area contributed by atoms with Gasteiger partial charge in [0.25, 0.3) is 0 Å². The van der Waals surface area contributed by atoms with Crippen LogP contribution < -0.4 is 5.32 Å². The molecule has 1 N–H and O–H groups in total. The Bertz CT molecular complexity index is 641. The van der Waals surface area contributed by atoms with Crippen LogP contribution in [0.3, 0.4) is 0 Å². The van der Waals surface area contributed by atoms with Crippen LogP contribution in [0, 0.1) is 27.7 Å². The van der Waals surface area contributed by atoms with Gasteiger partial charge in [0.1, 0.15) is 0 Å². The van der Waals surface area contributed by atoms with E-state index in [2.05, 4.69) is 17.3 Å². The quantitative estimate of drug-likeness (QED) is 0.931. The van der Waals surface area contributed by atoms with Crippen molar-refractivity contribution in [2.24, 2.45) is 0 Å². The Morgan fingerprint density at radius 1 is 1.19 bits per heavy atom. The summed E-state index contributed by atoms with van der Waals surface area (Å²) in [4.78, 5) is 12.1. The number of rotatable bonds is 4. The van der Waals surface area contributed by atoms with Crippen LogP contribution in [0.5, 0.6) is 0 Å². The van der Waals surface area contributed by atoms with Gasteiger partial charge in [0.05, 0.1) is 11.7 Å². The predicted molar refractivity (Wildman–Crippen MR) is 85.6 cm³/mol. The Hall–Kier alpha value is -2.10. The highest BCUT2D eigenvalue weighted by molar-refractivity contribution is 5.90. The second kappa shape index (κ2) is 6.12. The van der Waals surface area contributed by atoms with Gasteiger partial charge in [-0.3, -0.25) is 9.48 Å². The molecule has 1 aromatic carbocycles. The van der Waals surface area contributed by atoms with Gasteiger partial charge in [-0.15, -0.1) is 0 Å². The van der Waals surface area contributed by atoms with Crippen molar-refractivity contribution < 1.29 is 4.79 Å². The molecule has 2 aromatic rings. The number of carbonyl (C=O) groups excluding carboxylic acids is 1. The zero-order valence-corrected chi connectivity index (χ0v) is 13.4. The van der Waals surface area contributed by atoms with Gasteiger partial charge in [0.2, 0.25) is 5.91 Å². The fourth-order valence-electron chi connectivity index (χ4n) is 2.38. The molecule has 0 bridgehead atoms. The van der Waals surface area contributed by atoms with Gasteiger partial charge >= 0.3 is 0 Å². The van der Waals surface area contributed by atoms with Crippen molar-refractivity contribution in [1.29, 1.82) is 0 Å². The Balaban J connectivity index is 2.01. The maximum atomic E-state index is 12.1. The van der Waals surface area contributed by atoms with Gasteiger partial charge in [0, 0.05) is 17.8 Å². The first-order valence-corrected chi connectivity index (χ1v) is 7.27. The number of nitrogens with one attached hydrogen (secondary N) is 1. The number of aromatic nitrogens is 2. The molecule has 1 amide bonds. The monoisotopic (exact) mass is 285 g/mol. The van der Waals surface area contributed by atoms with E-state index in [1.807, 2.05) is 56.6 Å². The first-order chi connectivity index (χ1) is 9.88. The molecule has 0 unspecified atom stereocenters. The van der Waals surface area contributed by atoms with E-state index in [9.17, 15) is 4.79 Å². The third-order valence-corrected chi connectivity index (χ3v) is 3.92. The van der Waals surface area contributed by atoms with E-state index in [0.717, 1.165) is 17.1 Å². The number of carbonyl (C=O) groups is 1. The Morgan fingerprint density at radius 3 is 2.33 bits per heavy atom. The molecule has 0 aliphatic rings. The minimum absolute atomic E-state index is 0.0107. The van der Waals surface area contributed by atoms with E-state index >= 15 is 0 Å². The van der Waals surface area contributed by atoms with Crippen LogP contribution in [0.1, 0.15) is 41.9 Å². The van der Waals surface area contributed by atoms with Crippen LogP contribution >= 0.6 is 0 Å². The molecule has 0 spiro atoms. The summed E-state index contributed by atoms with van der Waals surface area (Å²) >= 11 is 0. The lowest BCUT2D eigenvalue weighted by atomic mass is 10.2. The number of benzene rings is 1. The van der Waals surface area contributed by atoms with E-state index < -0.39 is 0 Å². The summed E-state index contributed by atoms with van der Waals surface area (Å²) in [6.45, 7) is 10.2. The summed E-state index contributed by atoms with van der Waals surface area (Å²) in [5, 5.41) is 7.45. The number of anilines is 1. The molecule has 1 heterocycles. The van der Waals surface area contributed by atoms with Crippen LogP contribution in [0.4, 0.5) is 5.69 Å². The fraction of sp³-hybridized carbons (Fsp3) is 0.412. The predicted octanol–water partition coefficient (Wildman–Crippen LogP) is 3.71. The zero-order valence-electron chi connectivity index (χ0n) is 13.4. The van der Waals surface area contributed by atoms with Gasteiger partial charge in [-0.25, -0.2) is 0 Å². The van der Waals surface area contributed by atoms with Crippen molar-refractivity contribution in [2.75, 3.05) is 5.32 Å². The maximum Gasteiger partial charge on any atom is 0.226 e. The molecule has 4 nitrogen and oxygen atoms in total. The molecule has 4 heteroatoms. The normalized spacial score (nSPS) is 12.2. The van der Waals surface area contributed by atoms with E-state index in [0.29, 0.717) is 6.42 Å². The van der Waals surface area contributed by atoms with Crippen LogP contribution in [0.2, 0.25) is 0 Å². The smallest absolute Gasteiger partial charge is 0.226 e. The maximum absolute atomic E-state index is 12.1. The molecular formula is C17H23N3O. The van der Waals surface area contributed by atoms with Gasteiger partial charge in [0.15, 0.2) is 0 Å². The van der Waals surface area contributed by atoms with Crippen LogP contribution in [-0.4, -0.2) is 15.7 Å². The number of hydrogen-bond acceptors (Lipinski definition) is 2. The van der Waals surface area contributed by atoms with Gasteiger partial charge < -0.3 is 5.32 Å². The van der Waals surface area contributed by atoms with E-state index in [-0.39, 0.29) is 11.9 Å². The van der Waals surface area contributed by atoms with Crippen molar-refractivity contribution in [3.63, 3.8) is 0 Å². The summed E-state index contributed by atoms with van der Waals surface area (Å²) in [5.74, 6) is 0.0107. The molecule has 112 valence electrons. The Kier molecular flexibility index (Phi) is 4.46. The third-order valence-electron chi connectivity index (χ3n) is 3.92. The van der Waals surface area contributed by atoms with Gasteiger partial charge in [-0.05, 0) is 52.3 Å². The lowest BCUT2D eigenvalue weighted by molar-refractivity contribution is -0.116. The van der Waals surface area contributed by atoms with E-state index in [4.69, 9.17) is 0 Å². The molecule has 0 aliphatic carbocycles. The minimum atomic E-state index is 0.0107. The summed E-state index contributed by atoms with van der Waals surface area (Å²) in [6, 6.07) is 7.87. The summed E-state index contributed by atoms with van der Waals surface area (Å²) < 4.78 is 1.94. The van der Waals surface area contributed by atoms with Gasteiger partial charge in [-0.2, -0.15) is 5.10 Å². The molecule has 0 saturated carbocycles. The first-order valence-electron chi connectivity index (χ1n) is 7.27. The molecule has 0 fully saturated rings. The minimum Gasteiger partial charge on any atom is -0.326 e. The summed E-state index contributed by atoms with van der Waals surface area (Å²) in [5.41, 5.74) is 5.36. The van der Waals surface area contributed by atoms with Crippen molar-refractivity contribution in [3.8, 4) is 0 Å². The molecule has 1 atom stereocenters. The highest BCUT2D eigenvalue weighted by atomic mass is 16.1. The van der Waals surface area contributed by atoms with Crippen LogP contribution in [-0.2, 0) is 4.79 Å². The van der Waals surface area contributed by atoms with Gasteiger partial charge in [-0.1, -0.05) is 17.7 Å². The molecule has 0 aliphatic heterocycles. The Morgan fingerprint density at radius 2 is 1.81 bits per heavy atom. The topological polar surface area (TPSA) is 46.9 Å². The standard InChI is InChI=1S/C17H23N3O/c1-11-6-8-16(9-7-11)18-17(21)10-12(2)20-15(5)13(3)14(4)19-20/h6-9,12H,10H2,1-5H3,(H,18,21)/t12-/m0/s1. The second-order valence-corrected chi connectivity index (χ2v) is 5.71. The van der Waals surface area contributed by atoms with Crippen LogP contribution in [0.15, 0.2) is 24.3 Å². The van der Waals surface area contributed by atoms with E-state index in [1.54, 1.807) is 0 Å². The number of aryl methyl sites for hydroxylation is 2. The van der Waals surface area contributed by atoms with Crippen molar-refractivity contribution in [1.82, 2.24) is 9.78 Å². The zero-order chi connectivity index (χ0) is 15.6. The first kappa shape index (κ1) is 15.3. The highest BCUT2D eigenvalue weighted by Gasteiger charge is 2.16. The number of nitrogens with zero attached hydrogens (tertiary/aromatic N) is 2. The molecular weight excluding hydrogens is 262 g/mol. The molecule has 21 heavy (non-hydrogen) atoms. The average Bonchev–Trinajstić information content (AvgIpc) is 2.69. The van der Waals surface area contributed by atoms with Crippen molar-refractivity contribution >= 4 is 11.6 Å². The third kappa shape index (κ3) is 3.51. The summed E-state index contributed by atoms with van der Waals surface area (Å²) in [6.07, 6.45) is 0.412. The average molecular weight is 285 g/mol. The Labute approximate surface area is 126 Å². The largest absolute Gasteiger partial charge is 0.326 e. The lowest BCUT2D eigenvalue weighted by Gasteiger charge is -2.14. The van der Waals surface area contributed by atoms with E-state index in [1.165, 1.54) is 11.1 Å². The fourth-order valence-corrected chi connectivity index (χ4v) is 2.38. The van der Waals surface area contributed by atoms with Crippen LogP contribution in [0.25, 0.3) is 0 Å². The molecule has 0 saturated heterocycles. The van der Waals surface area contributed by atoms with Crippen molar-refractivity contribution in [3.05, 3.63) is 46.8 Å². The second-order valence-electron chi connectivity index (χ2n) is 5.71. The summed E-state index contributed by atoms with van der Waals surface area (Å²) in [7, 11) is 0. The molecule has 2 rings (SSSR count). The number of amides is 1. The lowest BCUT2D eigenvalue weighted by Crippen LogP contribution is -2.19. The highest BCUT2D eigenvalue weighted by Crippen LogP contribution is 2.19. The SMILES string of the molecule is Cc1ccc(NC(=O)C[C@H](C)n2nc(C)c(C)c2C)cc1.